The van der Waals surface area contributed by atoms with Crippen molar-refractivity contribution in [2.45, 2.75) is 66.2 Å². The maximum absolute atomic E-state index is 12.8. The third kappa shape index (κ3) is 2.22. The van der Waals surface area contributed by atoms with E-state index in [2.05, 4.69) is 33.8 Å². The Labute approximate surface area is 134 Å². The van der Waals surface area contributed by atoms with Crippen molar-refractivity contribution in [2.75, 3.05) is 6.61 Å². The van der Waals surface area contributed by atoms with Crippen LogP contribution in [0.3, 0.4) is 0 Å². The first kappa shape index (κ1) is 16.0. The lowest BCUT2D eigenvalue weighted by Crippen LogP contribution is -2.54. The summed E-state index contributed by atoms with van der Waals surface area (Å²) >= 11 is 0. The highest BCUT2D eigenvalue weighted by Gasteiger charge is 2.57. The van der Waals surface area contributed by atoms with Crippen LogP contribution in [0, 0.1) is 22.7 Å². The van der Waals surface area contributed by atoms with E-state index in [9.17, 15) is 9.90 Å². The molecule has 4 unspecified atom stereocenters. The van der Waals surface area contributed by atoms with Crippen molar-refractivity contribution in [3.63, 3.8) is 0 Å². The molecule has 0 bridgehead atoms. The van der Waals surface area contributed by atoms with E-state index in [1.165, 1.54) is 24.0 Å². The molecule has 2 nitrogen and oxygen atoms in total. The van der Waals surface area contributed by atoms with Crippen LogP contribution in [0.1, 0.15) is 66.2 Å². The summed E-state index contributed by atoms with van der Waals surface area (Å²) in [5.74, 6) is 1.07. The average Bonchev–Trinajstić information content (AvgIpc) is 2.49. The summed E-state index contributed by atoms with van der Waals surface area (Å²) in [7, 11) is 0. The molecule has 0 aromatic carbocycles. The molecule has 3 aliphatic rings. The largest absolute Gasteiger partial charge is 0.396 e. The second-order valence-electron chi connectivity index (χ2n) is 8.57. The van der Waals surface area contributed by atoms with Gasteiger partial charge < -0.3 is 5.11 Å². The minimum absolute atomic E-state index is 0.0784. The molecule has 2 saturated carbocycles. The zero-order valence-electron chi connectivity index (χ0n) is 14.5. The molecule has 1 N–H and O–H groups in total. The summed E-state index contributed by atoms with van der Waals surface area (Å²) in [5.41, 5.74) is 3.90. The highest BCUT2D eigenvalue weighted by atomic mass is 16.3. The molecular formula is C20H30O2. The zero-order chi connectivity index (χ0) is 16.1. The predicted octanol–water partition coefficient (Wildman–Crippen LogP) is 4.44. The lowest BCUT2D eigenvalue weighted by molar-refractivity contribution is -0.134. The molecule has 0 spiro atoms. The molecule has 0 aromatic rings. The van der Waals surface area contributed by atoms with Gasteiger partial charge in [-0.1, -0.05) is 31.9 Å². The number of Topliss-reactive ketones (excluding diaryl/α,β-unsaturated/α-hetero) is 1. The quantitative estimate of drug-likeness (QED) is 0.777. The fraction of sp³-hybridized carbons (Fsp3) is 0.750. The first-order valence-corrected chi connectivity index (χ1v) is 8.84. The van der Waals surface area contributed by atoms with Crippen LogP contribution in [-0.2, 0) is 4.79 Å². The van der Waals surface area contributed by atoms with E-state index in [1.807, 2.05) is 0 Å². The second kappa shape index (κ2) is 5.33. The van der Waals surface area contributed by atoms with Crippen molar-refractivity contribution < 1.29 is 9.90 Å². The Kier molecular flexibility index (Phi) is 3.87. The Hall–Kier alpha value is -0.890. The Balaban J connectivity index is 2.04. The Bertz CT molecular complexity index is 552. The van der Waals surface area contributed by atoms with Gasteiger partial charge in [0.1, 0.15) is 0 Å². The summed E-state index contributed by atoms with van der Waals surface area (Å²) in [6.45, 7) is 9.10. The Morgan fingerprint density at radius 2 is 2.05 bits per heavy atom. The number of carbonyl (C=O) groups excluding carboxylic acids is 1. The Morgan fingerprint density at radius 1 is 1.32 bits per heavy atom. The fourth-order valence-electron chi connectivity index (χ4n) is 5.58. The number of fused-ring (bicyclic) bond motifs is 3. The monoisotopic (exact) mass is 302 g/mol. The van der Waals surface area contributed by atoms with Gasteiger partial charge >= 0.3 is 0 Å². The predicted molar refractivity (Wildman–Crippen MR) is 89.4 cm³/mol. The van der Waals surface area contributed by atoms with E-state index in [-0.39, 0.29) is 17.4 Å². The fourth-order valence-corrected chi connectivity index (χ4v) is 5.58. The molecule has 122 valence electrons. The number of ketones is 1. The van der Waals surface area contributed by atoms with Gasteiger partial charge in [-0.25, -0.2) is 0 Å². The summed E-state index contributed by atoms with van der Waals surface area (Å²) in [6.07, 6.45) is 8.48. The molecular weight excluding hydrogens is 272 g/mol. The number of aliphatic hydroxyl groups excluding tert-OH is 1. The van der Waals surface area contributed by atoms with Crippen molar-refractivity contribution in [1.82, 2.24) is 0 Å². The molecule has 0 amide bonds. The maximum Gasteiger partial charge on any atom is 0.159 e. The van der Waals surface area contributed by atoms with E-state index in [0.717, 1.165) is 24.8 Å². The zero-order valence-corrected chi connectivity index (χ0v) is 14.5. The number of hydrogen-bond acceptors (Lipinski definition) is 2. The number of carbonyl (C=O) groups is 1. The highest BCUT2D eigenvalue weighted by molar-refractivity contribution is 5.98. The molecule has 0 aromatic heterocycles. The molecule has 3 aliphatic carbocycles. The van der Waals surface area contributed by atoms with E-state index < -0.39 is 0 Å². The van der Waals surface area contributed by atoms with E-state index in [4.69, 9.17) is 0 Å². The number of hydrogen-bond donors (Lipinski definition) is 1. The molecule has 4 atom stereocenters. The van der Waals surface area contributed by atoms with Crippen molar-refractivity contribution in [3.8, 4) is 0 Å². The second-order valence-corrected chi connectivity index (χ2v) is 8.57. The first-order valence-electron chi connectivity index (χ1n) is 8.84. The topological polar surface area (TPSA) is 37.3 Å². The Morgan fingerprint density at radius 3 is 2.68 bits per heavy atom. The average molecular weight is 302 g/mol. The van der Waals surface area contributed by atoms with Gasteiger partial charge in [-0.05, 0) is 73.3 Å². The van der Waals surface area contributed by atoms with Crippen molar-refractivity contribution in [2.24, 2.45) is 22.7 Å². The first-order chi connectivity index (χ1) is 10.3. The van der Waals surface area contributed by atoms with Gasteiger partial charge in [0, 0.05) is 13.0 Å². The van der Waals surface area contributed by atoms with Crippen LogP contribution in [-0.4, -0.2) is 17.5 Å². The normalized spacial score (nSPS) is 41.6. The van der Waals surface area contributed by atoms with Gasteiger partial charge in [0.05, 0.1) is 0 Å². The molecule has 22 heavy (non-hydrogen) atoms. The smallest absolute Gasteiger partial charge is 0.159 e. The lowest BCUT2D eigenvalue weighted by Gasteiger charge is -2.58. The molecule has 2 heteroatoms. The SMILES string of the molecule is CC(C)=C1C=C2C(=O)CC3C(C)(CO)CCCC3(C)C2CC1. The van der Waals surface area contributed by atoms with Gasteiger partial charge in [-0.15, -0.1) is 0 Å². The molecule has 0 radical (unpaired) electrons. The number of rotatable bonds is 1. The van der Waals surface area contributed by atoms with Gasteiger partial charge in [-0.2, -0.15) is 0 Å². The molecule has 0 aliphatic heterocycles. The van der Waals surface area contributed by atoms with Crippen LogP contribution >= 0.6 is 0 Å². The third-order valence-corrected chi connectivity index (χ3v) is 7.02. The van der Waals surface area contributed by atoms with Crippen LogP contribution in [0.15, 0.2) is 22.8 Å². The van der Waals surface area contributed by atoms with Crippen molar-refractivity contribution >= 4 is 5.78 Å². The molecule has 0 heterocycles. The lowest BCUT2D eigenvalue weighted by atomic mass is 9.46. The van der Waals surface area contributed by atoms with Crippen molar-refractivity contribution in [1.29, 1.82) is 0 Å². The summed E-state index contributed by atoms with van der Waals surface area (Å²) in [4.78, 5) is 12.8. The molecule has 3 rings (SSSR count). The van der Waals surface area contributed by atoms with Crippen LogP contribution in [0.4, 0.5) is 0 Å². The van der Waals surface area contributed by atoms with Crippen molar-refractivity contribution in [3.05, 3.63) is 22.8 Å². The summed E-state index contributed by atoms with van der Waals surface area (Å²) < 4.78 is 0. The van der Waals surface area contributed by atoms with Crippen LogP contribution in [0.2, 0.25) is 0 Å². The maximum atomic E-state index is 12.8. The minimum Gasteiger partial charge on any atom is -0.396 e. The van der Waals surface area contributed by atoms with Gasteiger partial charge in [0.25, 0.3) is 0 Å². The van der Waals surface area contributed by atoms with Crippen LogP contribution in [0.25, 0.3) is 0 Å². The van der Waals surface area contributed by atoms with Crippen LogP contribution in [0.5, 0.6) is 0 Å². The molecule has 2 fully saturated rings. The standard InChI is InChI=1S/C20H30O2/c1-13(2)14-6-7-16-15(10-14)17(22)11-18-19(3,12-21)8-5-9-20(16,18)4/h10,16,18,21H,5-9,11-12H2,1-4H3. The number of allylic oxidation sites excluding steroid dienone is 4. The van der Waals surface area contributed by atoms with Gasteiger partial charge in [0.15, 0.2) is 5.78 Å². The van der Waals surface area contributed by atoms with E-state index >= 15 is 0 Å². The highest BCUT2D eigenvalue weighted by Crippen LogP contribution is 2.62. The van der Waals surface area contributed by atoms with E-state index in [0.29, 0.717) is 24.0 Å². The van der Waals surface area contributed by atoms with Gasteiger partial charge in [0.2, 0.25) is 0 Å². The van der Waals surface area contributed by atoms with Gasteiger partial charge in [-0.3, -0.25) is 4.79 Å². The van der Waals surface area contributed by atoms with E-state index in [1.54, 1.807) is 0 Å². The number of aliphatic hydroxyl groups is 1. The summed E-state index contributed by atoms with van der Waals surface area (Å²) in [6, 6.07) is 0. The van der Waals surface area contributed by atoms with Crippen LogP contribution < -0.4 is 0 Å². The minimum atomic E-state index is -0.0784. The summed E-state index contributed by atoms with van der Waals surface area (Å²) in [5, 5.41) is 9.97. The molecule has 0 saturated heterocycles. The third-order valence-electron chi connectivity index (χ3n) is 7.02.